The van der Waals surface area contributed by atoms with Gasteiger partial charge in [0, 0.05) is 11.6 Å². The average molecular weight is 495 g/mol. The summed E-state index contributed by atoms with van der Waals surface area (Å²) in [4.78, 5) is 12.6. The highest BCUT2D eigenvalue weighted by Crippen LogP contribution is 2.28. The second-order valence-corrected chi connectivity index (χ2v) is 9.92. The first-order valence-electron chi connectivity index (χ1n) is 9.71. The molecule has 3 aromatic carbocycles. The van der Waals surface area contributed by atoms with Crippen molar-refractivity contribution >= 4 is 39.1 Å². The van der Waals surface area contributed by atoms with Gasteiger partial charge >= 0.3 is 0 Å². The predicted molar refractivity (Wildman–Crippen MR) is 123 cm³/mol. The Bertz CT molecular complexity index is 1190. The van der Waals surface area contributed by atoms with Gasteiger partial charge in [-0.1, -0.05) is 65.7 Å². The van der Waals surface area contributed by atoms with Crippen molar-refractivity contribution in [2.75, 3.05) is 6.54 Å². The van der Waals surface area contributed by atoms with Crippen molar-refractivity contribution in [3.05, 3.63) is 99.8 Å². The molecular formula is C23H21Cl2FN2O3S. The van der Waals surface area contributed by atoms with Gasteiger partial charge in [-0.15, -0.1) is 0 Å². The minimum absolute atomic E-state index is 0.00699. The maximum Gasteiger partial charge on any atom is 0.245 e. The van der Waals surface area contributed by atoms with Crippen LogP contribution in [0, 0.1) is 5.82 Å². The van der Waals surface area contributed by atoms with Crippen LogP contribution in [0.1, 0.15) is 24.1 Å². The first-order chi connectivity index (χ1) is 15.2. The van der Waals surface area contributed by atoms with Crippen molar-refractivity contribution in [2.45, 2.75) is 24.4 Å². The standard InChI is InChI=1S/C23H21Cl2FN2O3S/c1-16(18-7-10-20(26)11-8-18)27-23(29)15-28(14-17-5-3-2-4-6-17)32(30,31)22-13-19(24)9-12-21(22)25/h2-13,16H,14-15H2,1H3,(H,27,29)/t16-/m0/s1. The van der Waals surface area contributed by atoms with Crippen LogP contribution in [0.5, 0.6) is 0 Å². The van der Waals surface area contributed by atoms with Crippen LogP contribution in [-0.4, -0.2) is 25.2 Å². The molecule has 0 unspecified atom stereocenters. The van der Waals surface area contributed by atoms with Crippen LogP contribution in [0.2, 0.25) is 10.0 Å². The zero-order chi connectivity index (χ0) is 23.3. The lowest BCUT2D eigenvalue weighted by atomic mass is 10.1. The maximum atomic E-state index is 13.4. The van der Waals surface area contributed by atoms with Crippen LogP contribution >= 0.6 is 23.2 Å². The summed E-state index contributed by atoms with van der Waals surface area (Å²) >= 11 is 12.1. The highest BCUT2D eigenvalue weighted by Gasteiger charge is 2.29. The van der Waals surface area contributed by atoms with E-state index in [1.165, 1.54) is 30.3 Å². The molecule has 5 nitrogen and oxygen atoms in total. The number of halogens is 3. The Kier molecular flexibility index (Phi) is 7.90. The Labute approximate surface area is 196 Å². The molecular weight excluding hydrogens is 474 g/mol. The van der Waals surface area contributed by atoms with E-state index < -0.39 is 28.5 Å². The summed E-state index contributed by atoms with van der Waals surface area (Å²) in [5, 5.41) is 2.97. The lowest BCUT2D eigenvalue weighted by molar-refractivity contribution is -0.122. The number of sulfonamides is 1. The molecule has 0 bridgehead atoms. The Morgan fingerprint density at radius 1 is 1.03 bits per heavy atom. The molecule has 0 radical (unpaired) electrons. The Morgan fingerprint density at radius 2 is 1.69 bits per heavy atom. The van der Waals surface area contributed by atoms with Crippen molar-refractivity contribution in [3.8, 4) is 0 Å². The molecule has 0 aliphatic carbocycles. The van der Waals surface area contributed by atoms with Crippen LogP contribution in [0.15, 0.2) is 77.7 Å². The first-order valence-corrected chi connectivity index (χ1v) is 11.9. The fourth-order valence-electron chi connectivity index (χ4n) is 3.11. The number of carbonyl (C=O) groups is 1. The molecule has 1 N–H and O–H groups in total. The quantitative estimate of drug-likeness (QED) is 0.467. The number of hydrogen-bond acceptors (Lipinski definition) is 3. The van der Waals surface area contributed by atoms with E-state index in [0.717, 1.165) is 4.31 Å². The van der Waals surface area contributed by atoms with Crippen molar-refractivity contribution in [3.63, 3.8) is 0 Å². The number of amides is 1. The molecule has 3 aromatic rings. The number of nitrogens with zero attached hydrogens (tertiary/aromatic N) is 1. The number of carbonyl (C=O) groups excluding carboxylic acids is 1. The number of rotatable bonds is 8. The van der Waals surface area contributed by atoms with Gasteiger partial charge in [-0.3, -0.25) is 4.79 Å². The highest BCUT2D eigenvalue weighted by molar-refractivity contribution is 7.89. The molecule has 3 rings (SSSR count). The molecule has 0 spiro atoms. The number of benzene rings is 3. The summed E-state index contributed by atoms with van der Waals surface area (Å²) in [6, 6.07) is 18.3. The van der Waals surface area contributed by atoms with Gasteiger partial charge < -0.3 is 5.32 Å². The van der Waals surface area contributed by atoms with E-state index in [-0.39, 0.29) is 27.3 Å². The molecule has 9 heteroatoms. The van der Waals surface area contributed by atoms with E-state index in [9.17, 15) is 17.6 Å². The van der Waals surface area contributed by atoms with Crippen LogP contribution in [0.4, 0.5) is 4.39 Å². The third-order valence-electron chi connectivity index (χ3n) is 4.78. The first kappa shape index (κ1) is 24.2. The molecule has 168 valence electrons. The van der Waals surface area contributed by atoms with E-state index in [0.29, 0.717) is 11.1 Å². The van der Waals surface area contributed by atoms with Crippen molar-refractivity contribution in [1.29, 1.82) is 0 Å². The summed E-state index contributed by atoms with van der Waals surface area (Å²) in [5.74, 6) is -0.898. The van der Waals surface area contributed by atoms with Crippen molar-refractivity contribution in [1.82, 2.24) is 9.62 Å². The van der Waals surface area contributed by atoms with Gasteiger partial charge in [0.05, 0.1) is 17.6 Å². The smallest absolute Gasteiger partial charge is 0.245 e. The van der Waals surface area contributed by atoms with Crippen molar-refractivity contribution in [2.24, 2.45) is 0 Å². The minimum Gasteiger partial charge on any atom is -0.348 e. The molecule has 0 saturated heterocycles. The van der Waals surface area contributed by atoms with Crippen LogP contribution in [-0.2, 0) is 21.4 Å². The van der Waals surface area contributed by atoms with Crippen LogP contribution < -0.4 is 5.32 Å². The summed E-state index contributed by atoms with van der Waals surface area (Å²) in [7, 11) is -4.15. The molecule has 0 aliphatic rings. The zero-order valence-corrected chi connectivity index (χ0v) is 19.5. The lowest BCUT2D eigenvalue weighted by Gasteiger charge is -2.24. The predicted octanol–water partition coefficient (Wildman–Crippen LogP) is 5.20. The third-order valence-corrected chi connectivity index (χ3v) is 7.29. The van der Waals surface area contributed by atoms with E-state index in [1.807, 2.05) is 6.07 Å². The summed E-state index contributed by atoms with van der Waals surface area (Å²) in [5.41, 5.74) is 1.39. The fraction of sp³-hybridized carbons (Fsp3) is 0.174. The third kappa shape index (κ3) is 6.07. The second-order valence-electron chi connectivity index (χ2n) is 7.17. The topological polar surface area (TPSA) is 66.5 Å². The average Bonchev–Trinajstić information content (AvgIpc) is 2.76. The van der Waals surface area contributed by atoms with Gasteiger partial charge in [0.25, 0.3) is 0 Å². The molecule has 32 heavy (non-hydrogen) atoms. The SMILES string of the molecule is C[C@H](NC(=O)CN(Cc1ccccc1)S(=O)(=O)c1cc(Cl)ccc1Cl)c1ccc(F)cc1. The van der Waals surface area contributed by atoms with Gasteiger partial charge in [-0.2, -0.15) is 4.31 Å². The monoisotopic (exact) mass is 494 g/mol. The number of hydrogen-bond donors (Lipinski definition) is 1. The van der Waals surface area contributed by atoms with Gasteiger partial charge in [0.1, 0.15) is 10.7 Å². The summed E-state index contributed by atoms with van der Waals surface area (Å²) in [6.45, 7) is 1.25. The van der Waals surface area contributed by atoms with Gasteiger partial charge in [0.2, 0.25) is 15.9 Å². The minimum atomic E-state index is -4.15. The Hall–Kier alpha value is -2.45. The van der Waals surface area contributed by atoms with Gasteiger partial charge in [0.15, 0.2) is 0 Å². The normalized spacial score (nSPS) is 12.5. The van der Waals surface area contributed by atoms with Crippen LogP contribution in [0.3, 0.4) is 0 Å². The van der Waals surface area contributed by atoms with Gasteiger partial charge in [-0.05, 0) is 48.4 Å². The molecule has 0 aliphatic heterocycles. The summed E-state index contributed by atoms with van der Waals surface area (Å²) in [6.07, 6.45) is 0. The molecule has 1 atom stereocenters. The Balaban J connectivity index is 1.86. The van der Waals surface area contributed by atoms with E-state index in [1.54, 1.807) is 43.3 Å². The number of nitrogens with one attached hydrogen (secondary N) is 1. The summed E-state index contributed by atoms with van der Waals surface area (Å²) < 4.78 is 41.0. The molecule has 0 saturated carbocycles. The molecule has 0 fully saturated rings. The molecule has 0 aromatic heterocycles. The zero-order valence-electron chi connectivity index (χ0n) is 17.1. The van der Waals surface area contributed by atoms with Crippen molar-refractivity contribution < 1.29 is 17.6 Å². The molecule has 0 heterocycles. The van der Waals surface area contributed by atoms with E-state index in [2.05, 4.69) is 5.32 Å². The molecule has 1 amide bonds. The largest absolute Gasteiger partial charge is 0.348 e. The lowest BCUT2D eigenvalue weighted by Crippen LogP contribution is -2.41. The van der Waals surface area contributed by atoms with E-state index in [4.69, 9.17) is 23.2 Å². The second kappa shape index (κ2) is 10.4. The fourth-order valence-corrected chi connectivity index (χ4v) is 5.23. The Morgan fingerprint density at radius 3 is 2.34 bits per heavy atom. The highest BCUT2D eigenvalue weighted by atomic mass is 35.5. The van der Waals surface area contributed by atoms with Crippen LogP contribution in [0.25, 0.3) is 0 Å². The van der Waals surface area contributed by atoms with E-state index >= 15 is 0 Å². The van der Waals surface area contributed by atoms with Gasteiger partial charge in [-0.25, -0.2) is 12.8 Å². The maximum absolute atomic E-state index is 13.4.